The minimum atomic E-state index is -3.43. The first-order chi connectivity index (χ1) is 14.5. The third kappa shape index (κ3) is 5.11. The molecular formula is C22H32N4O3S. The summed E-state index contributed by atoms with van der Waals surface area (Å²) in [5, 5.41) is 4.11. The number of aromatic nitrogens is 2. The van der Waals surface area contributed by atoms with Crippen LogP contribution in [0.1, 0.15) is 30.9 Å². The Bertz CT molecular complexity index is 912. The molecule has 2 saturated heterocycles. The quantitative estimate of drug-likeness (QED) is 0.672. The van der Waals surface area contributed by atoms with Crippen LogP contribution in [0.5, 0.6) is 0 Å². The SMILES string of the molecule is CCn1cc(S(=O)(=O)N2CCC(Cc3ccc(CN4CCOCC4)cc3)CC2)cn1. The lowest BCUT2D eigenvalue weighted by molar-refractivity contribution is 0.0342. The van der Waals surface area contributed by atoms with Crippen molar-refractivity contribution in [2.45, 2.75) is 44.2 Å². The average molecular weight is 433 g/mol. The molecule has 3 heterocycles. The van der Waals surface area contributed by atoms with Gasteiger partial charge < -0.3 is 4.74 Å². The Morgan fingerprint density at radius 3 is 2.33 bits per heavy atom. The average Bonchev–Trinajstić information content (AvgIpc) is 3.27. The zero-order chi connectivity index (χ0) is 21.0. The molecule has 0 bridgehead atoms. The molecule has 2 aliphatic heterocycles. The molecule has 2 aliphatic rings. The highest BCUT2D eigenvalue weighted by atomic mass is 32.2. The summed E-state index contributed by atoms with van der Waals surface area (Å²) in [5.74, 6) is 0.528. The standard InChI is InChI=1S/C22H32N4O3S/c1-2-25-18-22(16-23-25)30(27,28)26-9-7-20(8-10-26)15-19-3-5-21(6-4-19)17-24-11-13-29-14-12-24/h3-6,16,18,20H,2,7-15,17H2,1H3. The largest absolute Gasteiger partial charge is 0.379 e. The van der Waals surface area contributed by atoms with Crippen molar-refractivity contribution in [2.75, 3.05) is 39.4 Å². The highest BCUT2D eigenvalue weighted by Gasteiger charge is 2.30. The van der Waals surface area contributed by atoms with Crippen LogP contribution in [0.2, 0.25) is 0 Å². The summed E-state index contributed by atoms with van der Waals surface area (Å²) in [7, 11) is -3.43. The molecule has 8 heteroatoms. The van der Waals surface area contributed by atoms with Crippen LogP contribution in [0, 0.1) is 5.92 Å². The topological polar surface area (TPSA) is 67.7 Å². The summed E-state index contributed by atoms with van der Waals surface area (Å²) >= 11 is 0. The Kier molecular flexibility index (Phi) is 6.87. The van der Waals surface area contributed by atoms with Gasteiger partial charge in [0.15, 0.2) is 0 Å². The van der Waals surface area contributed by atoms with E-state index < -0.39 is 10.0 Å². The van der Waals surface area contributed by atoms with Crippen molar-refractivity contribution in [3.63, 3.8) is 0 Å². The minimum Gasteiger partial charge on any atom is -0.379 e. The molecule has 0 atom stereocenters. The Balaban J connectivity index is 1.28. The zero-order valence-electron chi connectivity index (χ0n) is 17.7. The lowest BCUT2D eigenvalue weighted by Gasteiger charge is -2.31. The van der Waals surface area contributed by atoms with E-state index in [2.05, 4.69) is 34.3 Å². The second-order valence-corrected chi connectivity index (χ2v) is 10.2. The molecule has 0 N–H and O–H groups in total. The second-order valence-electron chi connectivity index (χ2n) is 8.29. The van der Waals surface area contributed by atoms with Crippen molar-refractivity contribution in [1.29, 1.82) is 0 Å². The third-order valence-corrected chi connectivity index (χ3v) is 8.05. The fourth-order valence-electron chi connectivity index (χ4n) is 4.29. The number of rotatable bonds is 7. The lowest BCUT2D eigenvalue weighted by atomic mass is 9.91. The van der Waals surface area contributed by atoms with Gasteiger partial charge in [-0.05, 0) is 43.2 Å². The van der Waals surface area contributed by atoms with Gasteiger partial charge in [0.05, 0.1) is 19.4 Å². The first-order valence-corrected chi connectivity index (χ1v) is 12.4. The van der Waals surface area contributed by atoms with Crippen LogP contribution in [0.3, 0.4) is 0 Å². The Labute approximate surface area is 179 Å². The lowest BCUT2D eigenvalue weighted by Crippen LogP contribution is -2.38. The molecule has 0 aliphatic carbocycles. The molecule has 1 aromatic carbocycles. The molecule has 0 spiro atoms. The van der Waals surface area contributed by atoms with Crippen molar-refractivity contribution in [2.24, 2.45) is 5.92 Å². The summed E-state index contributed by atoms with van der Waals surface area (Å²) in [6.07, 6.45) is 5.90. The van der Waals surface area contributed by atoms with Gasteiger partial charge in [-0.1, -0.05) is 24.3 Å². The van der Waals surface area contributed by atoms with E-state index in [0.29, 0.717) is 30.4 Å². The van der Waals surface area contributed by atoms with E-state index >= 15 is 0 Å². The molecule has 0 amide bonds. The predicted octanol–water partition coefficient (Wildman–Crippen LogP) is 2.38. The van der Waals surface area contributed by atoms with Gasteiger partial charge in [0.25, 0.3) is 0 Å². The molecular weight excluding hydrogens is 400 g/mol. The number of nitrogens with zero attached hydrogens (tertiary/aromatic N) is 4. The van der Waals surface area contributed by atoms with Crippen LogP contribution in [-0.4, -0.2) is 66.8 Å². The van der Waals surface area contributed by atoms with E-state index in [1.807, 2.05) is 6.92 Å². The highest BCUT2D eigenvalue weighted by Crippen LogP contribution is 2.26. The number of ether oxygens (including phenoxy) is 1. The second kappa shape index (κ2) is 9.60. The number of hydrogen-bond acceptors (Lipinski definition) is 5. The molecule has 2 fully saturated rings. The highest BCUT2D eigenvalue weighted by molar-refractivity contribution is 7.89. The van der Waals surface area contributed by atoms with Crippen molar-refractivity contribution >= 4 is 10.0 Å². The molecule has 1 aromatic heterocycles. The summed E-state index contributed by atoms with van der Waals surface area (Å²) in [4.78, 5) is 2.73. The van der Waals surface area contributed by atoms with Crippen molar-refractivity contribution in [1.82, 2.24) is 19.0 Å². The van der Waals surface area contributed by atoms with Gasteiger partial charge in [-0.2, -0.15) is 9.40 Å². The van der Waals surface area contributed by atoms with Gasteiger partial charge in [-0.15, -0.1) is 0 Å². The Morgan fingerprint density at radius 1 is 1.03 bits per heavy atom. The Hall–Kier alpha value is -1.74. The maximum Gasteiger partial charge on any atom is 0.246 e. The first kappa shape index (κ1) is 21.5. The normalized spacial score (nSPS) is 19.9. The number of morpholine rings is 1. The van der Waals surface area contributed by atoms with Crippen LogP contribution in [0.25, 0.3) is 0 Å². The van der Waals surface area contributed by atoms with Crippen LogP contribution < -0.4 is 0 Å². The number of piperidine rings is 1. The van der Waals surface area contributed by atoms with Gasteiger partial charge in [0.1, 0.15) is 4.90 Å². The van der Waals surface area contributed by atoms with Gasteiger partial charge in [0.2, 0.25) is 10.0 Å². The molecule has 0 saturated carbocycles. The zero-order valence-corrected chi connectivity index (χ0v) is 18.6. The van der Waals surface area contributed by atoms with Gasteiger partial charge >= 0.3 is 0 Å². The fourth-order valence-corrected chi connectivity index (χ4v) is 5.71. The third-order valence-electron chi connectivity index (χ3n) is 6.20. The Morgan fingerprint density at radius 2 is 1.70 bits per heavy atom. The minimum absolute atomic E-state index is 0.304. The number of aryl methyl sites for hydroxylation is 1. The number of hydrogen-bond donors (Lipinski definition) is 0. The van der Waals surface area contributed by atoms with Crippen LogP contribution >= 0.6 is 0 Å². The van der Waals surface area contributed by atoms with E-state index in [1.54, 1.807) is 15.2 Å². The molecule has 7 nitrogen and oxygen atoms in total. The summed E-state index contributed by atoms with van der Waals surface area (Å²) in [6.45, 7) is 8.42. The van der Waals surface area contributed by atoms with E-state index in [9.17, 15) is 8.42 Å². The van der Waals surface area contributed by atoms with Crippen molar-refractivity contribution < 1.29 is 13.2 Å². The van der Waals surface area contributed by atoms with Gasteiger partial charge in [-0.25, -0.2) is 8.42 Å². The maximum atomic E-state index is 12.8. The fraction of sp³-hybridized carbons (Fsp3) is 0.591. The van der Waals surface area contributed by atoms with Crippen molar-refractivity contribution in [3.05, 3.63) is 47.8 Å². The molecule has 0 radical (unpaired) electrons. The monoisotopic (exact) mass is 432 g/mol. The van der Waals surface area contributed by atoms with Gasteiger partial charge in [-0.3, -0.25) is 9.58 Å². The molecule has 0 unspecified atom stereocenters. The van der Waals surface area contributed by atoms with Crippen LogP contribution in [0.4, 0.5) is 0 Å². The van der Waals surface area contributed by atoms with Gasteiger partial charge in [0, 0.05) is 45.5 Å². The predicted molar refractivity (Wildman–Crippen MR) is 116 cm³/mol. The number of benzene rings is 1. The molecule has 4 rings (SSSR count). The van der Waals surface area contributed by atoms with E-state index in [1.165, 1.54) is 17.3 Å². The number of sulfonamides is 1. The van der Waals surface area contributed by atoms with Crippen molar-refractivity contribution in [3.8, 4) is 0 Å². The molecule has 30 heavy (non-hydrogen) atoms. The van der Waals surface area contributed by atoms with E-state index in [4.69, 9.17) is 4.74 Å². The maximum absolute atomic E-state index is 12.8. The first-order valence-electron chi connectivity index (χ1n) is 10.9. The summed E-state index contributed by atoms with van der Waals surface area (Å²) < 4.78 is 34.4. The van der Waals surface area contributed by atoms with Crippen LogP contribution in [-0.2, 0) is 34.3 Å². The van der Waals surface area contributed by atoms with E-state index in [0.717, 1.165) is 52.1 Å². The molecule has 164 valence electrons. The van der Waals surface area contributed by atoms with E-state index in [-0.39, 0.29) is 0 Å². The van der Waals surface area contributed by atoms with Crippen LogP contribution in [0.15, 0.2) is 41.6 Å². The summed E-state index contributed by atoms with van der Waals surface area (Å²) in [6, 6.07) is 8.93. The smallest absolute Gasteiger partial charge is 0.246 e. The molecule has 2 aromatic rings. The summed E-state index contributed by atoms with van der Waals surface area (Å²) in [5.41, 5.74) is 2.68.